The minimum absolute atomic E-state index is 0.0249. The van der Waals surface area contributed by atoms with Gasteiger partial charge in [-0.2, -0.15) is 0 Å². The maximum Gasteiger partial charge on any atom is 0.251 e. The Morgan fingerprint density at radius 2 is 1.89 bits per heavy atom. The van der Waals surface area contributed by atoms with Crippen LogP contribution in [0.1, 0.15) is 57.4 Å². The molecule has 0 aliphatic heterocycles. The van der Waals surface area contributed by atoms with Crippen LogP contribution < -0.4 is 15.6 Å². The molecule has 1 aliphatic carbocycles. The van der Waals surface area contributed by atoms with Gasteiger partial charge >= 0.3 is 0 Å². The van der Waals surface area contributed by atoms with E-state index in [0.29, 0.717) is 32.1 Å². The van der Waals surface area contributed by atoms with E-state index >= 15 is 0 Å². The number of hydrogen-bond acceptors (Lipinski definition) is 4. The molecule has 2 atom stereocenters. The number of hydrogen-bond donors (Lipinski definition) is 1. The van der Waals surface area contributed by atoms with Gasteiger partial charge in [-0.3, -0.25) is 9.59 Å². The summed E-state index contributed by atoms with van der Waals surface area (Å²) in [5.41, 5.74) is 1.94. The molecular formula is C29H36N2O4. The van der Waals surface area contributed by atoms with Crippen molar-refractivity contribution in [3.8, 4) is 5.75 Å². The predicted molar refractivity (Wildman–Crippen MR) is 139 cm³/mol. The number of aromatic nitrogens is 1. The maximum absolute atomic E-state index is 12.5. The molecule has 4 rings (SSSR count). The third kappa shape index (κ3) is 7.18. The van der Waals surface area contributed by atoms with E-state index in [4.69, 9.17) is 9.47 Å². The summed E-state index contributed by atoms with van der Waals surface area (Å²) in [6.45, 7) is 3.79. The zero-order valence-electron chi connectivity index (χ0n) is 20.6. The molecule has 1 aromatic heterocycles. The van der Waals surface area contributed by atoms with Gasteiger partial charge in [0.25, 0.3) is 5.56 Å². The molecule has 0 saturated heterocycles. The lowest BCUT2D eigenvalue weighted by Gasteiger charge is -2.17. The SMILES string of the molecule is CCOC1CCCC(NC(=O)CCCOc2ccc3c(ccc(=O)n3Cc3ccccc3)c2)CC1. The molecule has 1 saturated carbocycles. The Kier molecular flexibility index (Phi) is 8.96. The number of nitrogens with zero attached hydrogens (tertiary/aromatic N) is 1. The fourth-order valence-corrected chi connectivity index (χ4v) is 4.84. The molecule has 2 unspecified atom stereocenters. The first-order valence-corrected chi connectivity index (χ1v) is 12.8. The maximum atomic E-state index is 12.5. The molecule has 2 aromatic carbocycles. The Labute approximate surface area is 207 Å². The number of carbonyl (C=O) groups excluding carboxylic acids is 1. The number of pyridine rings is 1. The van der Waals surface area contributed by atoms with Gasteiger partial charge in [-0.15, -0.1) is 0 Å². The van der Waals surface area contributed by atoms with Gasteiger partial charge in [-0.25, -0.2) is 0 Å². The zero-order chi connectivity index (χ0) is 24.5. The number of amides is 1. The highest BCUT2D eigenvalue weighted by atomic mass is 16.5. The first kappa shape index (κ1) is 25.0. The van der Waals surface area contributed by atoms with Gasteiger partial charge in [-0.05, 0) is 75.3 Å². The van der Waals surface area contributed by atoms with Crippen molar-refractivity contribution in [2.75, 3.05) is 13.2 Å². The number of benzene rings is 2. The topological polar surface area (TPSA) is 69.6 Å². The van der Waals surface area contributed by atoms with E-state index in [0.717, 1.165) is 60.9 Å². The van der Waals surface area contributed by atoms with E-state index in [2.05, 4.69) is 5.32 Å². The molecule has 35 heavy (non-hydrogen) atoms. The van der Waals surface area contributed by atoms with E-state index in [1.165, 1.54) is 0 Å². The van der Waals surface area contributed by atoms with Crippen molar-refractivity contribution in [2.24, 2.45) is 0 Å². The standard InChI is InChI=1S/C29H36N2O4/c1-2-34-25-11-6-10-24(14-15-25)30-28(32)12-7-19-35-26-16-17-27-23(20-26)13-18-29(33)31(27)21-22-8-4-3-5-9-22/h3-5,8-9,13,16-18,20,24-25H,2,6-7,10-12,14-15,19,21H2,1H3,(H,30,32). The van der Waals surface area contributed by atoms with Crippen LogP contribution in [-0.4, -0.2) is 35.8 Å². The van der Waals surface area contributed by atoms with E-state index in [1.807, 2.05) is 61.5 Å². The Hall–Kier alpha value is -3.12. The molecule has 1 heterocycles. The average molecular weight is 477 g/mol. The van der Waals surface area contributed by atoms with E-state index < -0.39 is 0 Å². The van der Waals surface area contributed by atoms with Gasteiger partial charge in [0.1, 0.15) is 5.75 Å². The summed E-state index contributed by atoms with van der Waals surface area (Å²) in [5, 5.41) is 4.15. The molecular weight excluding hydrogens is 440 g/mol. The van der Waals surface area contributed by atoms with Gasteiger partial charge in [0.05, 0.1) is 24.8 Å². The van der Waals surface area contributed by atoms with Crippen molar-refractivity contribution in [1.29, 1.82) is 0 Å². The van der Waals surface area contributed by atoms with Gasteiger partial charge in [-0.1, -0.05) is 30.3 Å². The lowest BCUT2D eigenvalue weighted by molar-refractivity contribution is -0.122. The second-order valence-corrected chi connectivity index (χ2v) is 9.27. The monoisotopic (exact) mass is 476 g/mol. The summed E-state index contributed by atoms with van der Waals surface area (Å²) >= 11 is 0. The molecule has 0 bridgehead atoms. The normalized spacial score (nSPS) is 18.2. The summed E-state index contributed by atoms with van der Waals surface area (Å²) in [5.74, 6) is 0.838. The van der Waals surface area contributed by atoms with Crippen LogP contribution in [0.3, 0.4) is 0 Å². The Balaban J connectivity index is 1.26. The average Bonchev–Trinajstić information content (AvgIpc) is 3.09. The minimum atomic E-state index is -0.0249. The van der Waals surface area contributed by atoms with Crippen molar-refractivity contribution in [1.82, 2.24) is 9.88 Å². The van der Waals surface area contributed by atoms with Crippen LogP contribution in [0.25, 0.3) is 10.9 Å². The number of ether oxygens (including phenoxy) is 2. The van der Waals surface area contributed by atoms with Crippen molar-refractivity contribution in [2.45, 2.75) is 70.6 Å². The number of rotatable bonds is 10. The fourth-order valence-electron chi connectivity index (χ4n) is 4.84. The van der Waals surface area contributed by atoms with Crippen LogP contribution in [0, 0.1) is 0 Å². The highest BCUT2D eigenvalue weighted by Crippen LogP contribution is 2.22. The van der Waals surface area contributed by atoms with Crippen molar-refractivity contribution < 1.29 is 14.3 Å². The summed E-state index contributed by atoms with van der Waals surface area (Å²) in [6.07, 6.45) is 6.66. The van der Waals surface area contributed by atoms with Gasteiger partial charge < -0.3 is 19.4 Å². The smallest absolute Gasteiger partial charge is 0.251 e. The molecule has 1 N–H and O–H groups in total. The number of nitrogens with one attached hydrogen (secondary N) is 1. The summed E-state index contributed by atoms with van der Waals surface area (Å²) in [7, 11) is 0. The number of carbonyl (C=O) groups is 1. The van der Waals surface area contributed by atoms with Gasteiger partial charge in [0.15, 0.2) is 0 Å². The largest absolute Gasteiger partial charge is 0.494 e. The second kappa shape index (κ2) is 12.5. The Morgan fingerprint density at radius 3 is 2.71 bits per heavy atom. The van der Waals surface area contributed by atoms with Crippen molar-refractivity contribution in [3.05, 3.63) is 76.6 Å². The van der Waals surface area contributed by atoms with Crippen LogP contribution in [0.5, 0.6) is 5.75 Å². The fraction of sp³-hybridized carbons (Fsp3) is 0.448. The van der Waals surface area contributed by atoms with E-state index in [1.54, 1.807) is 10.6 Å². The van der Waals surface area contributed by atoms with E-state index in [-0.39, 0.29) is 17.5 Å². The van der Waals surface area contributed by atoms with Crippen LogP contribution in [0.4, 0.5) is 0 Å². The lowest BCUT2D eigenvalue weighted by Crippen LogP contribution is -2.34. The quantitative estimate of drug-likeness (QED) is 0.328. The van der Waals surface area contributed by atoms with E-state index in [9.17, 15) is 9.59 Å². The van der Waals surface area contributed by atoms with Crippen LogP contribution in [-0.2, 0) is 16.1 Å². The molecule has 6 nitrogen and oxygen atoms in total. The minimum Gasteiger partial charge on any atom is -0.494 e. The summed E-state index contributed by atoms with van der Waals surface area (Å²) < 4.78 is 13.5. The third-order valence-corrected chi connectivity index (χ3v) is 6.64. The number of fused-ring (bicyclic) bond motifs is 1. The first-order chi connectivity index (χ1) is 17.1. The first-order valence-electron chi connectivity index (χ1n) is 12.8. The van der Waals surface area contributed by atoms with Crippen molar-refractivity contribution >= 4 is 16.8 Å². The van der Waals surface area contributed by atoms with Crippen LogP contribution in [0.2, 0.25) is 0 Å². The van der Waals surface area contributed by atoms with Gasteiger partial charge in [0.2, 0.25) is 5.91 Å². The van der Waals surface area contributed by atoms with Crippen molar-refractivity contribution in [3.63, 3.8) is 0 Å². The molecule has 1 amide bonds. The molecule has 0 spiro atoms. The molecule has 0 radical (unpaired) electrons. The molecule has 186 valence electrons. The zero-order valence-corrected chi connectivity index (χ0v) is 20.6. The van der Waals surface area contributed by atoms with Crippen LogP contribution in [0.15, 0.2) is 65.5 Å². The second-order valence-electron chi connectivity index (χ2n) is 9.27. The lowest BCUT2D eigenvalue weighted by atomic mass is 10.1. The molecule has 1 fully saturated rings. The molecule has 3 aromatic rings. The highest BCUT2D eigenvalue weighted by Gasteiger charge is 2.20. The van der Waals surface area contributed by atoms with Gasteiger partial charge in [0, 0.05) is 30.5 Å². The third-order valence-electron chi connectivity index (χ3n) is 6.64. The molecule has 6 heteroatoms. The summed E-state index contributed by atoms with van der Waals surface area (Å²) in [4.78, 5) is 24.9. The predicted octanol–water partition coefficient (Wildman–Crippen LogP) is 5.06. The highest BCUT2D eigenvalue weighted by molar-refractivity contribution is 5.80. The Morgan fingerprint density at radius 1 is 1.03 bits per heavy atom. The molecule has 1 aliphatic rings. The summed E-state index contributed by atoms with van der Waals surface area (Å²) in [6, 6.07) is 19.4. The van der Waals surface area contributed by atoms with Crippen LogP contribution >= 0.6 is 0 Å². The Bertz CT molecular complexity index is 1160.